The Labute approximate surface area is 151 Å². The van der Waals surface area contributed by atoms with E-state index in [1.54, 1.807) is 7.11 Å². The lowest BCUT2D eigenvalue weighted by atomic mass is 9.83. The molecule has 5 nitrogen and oxygen atoms in total. The molecule has 1 aliphatic rings. The molecule has 0 amide bonds. The molecular formula is C20H30N4O. The van der Waals surface area contributed by atoms with Crippen LogP contribution < -0.4 is 10.6 Å². The van der Waals surface area contributed by atoms with Gasteiger partial charge in [0.25, 0.3) is 0 Å². The van der Waals surface area contributed by atoms with Gasteiger partial charge in [-0.3, -0.25) is 0 Å². The molecule has 136 valence electrons. The Hall–Kier alpha value is -2.06. The molecule has 25 heavy (non-hydrogen) atoms. The first-order chi connectivity index (χ1) is 12.2. The van der Waals surface area contributed by atoms with Gasteiger partial charge in [-0.1, -0.05) is 25.0 Å². The molecule has 0 aromatic heterocycles. The molecule has 1 aromatic rings. The lowest BCUT2D eigenvalue weighted by molar-refractivity contribution is 0.138. The number of methoxy groups -OCH3 is 1. The van der Waals surface area contributed by atoms with Crippen molar-refractivity contribution in [2.75, 3.05) is 26.8 Å². The number of hydrogen-bond donors (Lipinski definition) is 2. The molecule has 0 saturated heterocycles. The Morgan fingerprint density at radius 1 is 1.24 bits per heavy atom. The number of guanidine groups is 1. The van der Waals surface area contributed by atoms with Crippen LogP contribution >= 0.6 is 0 Å². The van der Waals surface area contributed by atoms with E-state index in [0.717, 1.165) is 37.6 Å². The van der Waals surface area contributed by atoms with Crippen LogP contribution in [0, 0.1) is 16.7 Å². The normalized spacial score (nSPS) is 16.4. The maximum absolute atomic E-state index is 8.87. The first kappa shape index (κ1) is 19.3. The average Bonchev–Trinajstić information content (AvgIpc) is 3.12. The lowest BCUT2D eigenvalue weighted by Crippen LogP contribution is -2.43. The molecule has 0 spiro atoms. The molecule has 0 atom stereocenters. The summed E-state index contributed by atoms with van der Waals surface area (Å²) in [7, 11) is 1.78. The van der Waals surface area contributed by atoms with Crippen molar-refractivity contribution in [3.63, 3.8) is 0 Å². The number of nitrogens with zero attached hydrogens (tertiary/aromatic N) is 2. The summed E-state index contributed by atoms with van der Waals surface area (Å²) in [5, 5.41) is 15.7. The van der Waals surface area contributed by atoms with E-state index in [-0.39, 0.29) is 0 Å². The van der Waals surface area contributed by atoms with Crippen LogP contribution in [0.5, 0.6) is 0 Å². The zero-order valence-electron chi connectivity index (χ0n) is 15.5. The van der Waals surface area contributed by atoms with Crippen LogP contribution in [0.4, 0.5) is 0 Å². The summed E-state index contributed by atoms with van der Waals surface area (Å²) >= 11 is 0. The zero-order valence-corrected chi connectivity index (χ0v) is 15.5. The van der Waals surface area contributed by atoms with Crippen molar-refractivity contribution >= 4 is 5.96 Å². The van der Waals surface area contributed by atoms with Gasteiger partial charge >= 0.3 is 0 Å². The van der Waals surface area contributed by atoms with Crippen LogP contribution in [-0.4, -0.2) is 32.8 Å². The monoisotopic (exact) mass is 342 g/mol. The summed E-state index contributed by atoms with van der Waals surface area (Å²) in [5.74, 6) is 0.857. The van der Waals surface area contributed by atoms with Gasteiger partial charge in [0.15, 0.2) is 5.96 Å². The van der Waals surface area contributed by atoms with Gasteiger partial charge in [0.2, 0.25) is 0 Å². The highest BCUT2D eigenvalue weighted by Gasteiger charge is 2.33. The second-order valence-electron chi connectivity index (χ2n) is 6.81. The molecule has 1 fully saturated rings. The summed E-state index contributed by atoms with van der Waals surface area (Å²) in [6.07, 6.45) is 6.25. The van der Waals surface area contributed by atoms with Crippen molar-refractivity contribution < 1.29 is 4.74 Å². The Morgan fingerprint density at radius 3 is 2.56 bits per heavy atom. The topological polar surface area (TPSA) is 69.4 Å². The van der Waals surface area contributed by atoms with Crippen LogP contribution in [0.2, 0.25) is 0 Å². The molecule has 2 rings (SSSR count). The van der Waals surface area contributed by atoms with Gasteiger partial charge < -0.3 is 15.4 Å². The van der Waals surface area contributed by atoms with E-state index in [1.807, 2.05) is 24.3 Å². The second-order valence-corrected chi connectivity index (χ2v) is 6.81. The van der Waals surface area contributed by atoms with Crippen LogP contribution in [0.25, 0.3) is 0 Å². The van der Waals surface area contributed by atoms with Gasteiger partial charge in [0.1, 0.15) is 0 Å². The van der Waals surface area contributed by atoms with Gasteiger partial charge in [-0.15, -0.1) is 0 Å². The largest absolute Gasteiger partial charge is 0.385 e. The number of ether oxygens (including phenoxy) is 1. The highest BCUT2D eigenvalue weighted by molar-refractivity contribution is 5.79. The van der Waals surface area contributed by atoms with Crippen LogP contribution in [0.1, 0.15) is 50.2 Å². The third-order valence-corrected chi connectivity index (χ3v) is 4.98. The standard InChI is InChI=1S/C20H30N4O/c1-3-22-19(23-15-18-8-6-17(14-21)7-9-18)24-16-20(12-13-25-2)10-4-5-11-20/h6-9H,3-5,10-13,15-16H2,1-2H3,(H2,22,23,24). The van der Waals surface area contributed by atoms with E-state index in [4.69, 9.17) is 15.0 Å². The smallest absolute Gasteiger partial charge is 0.191 e. The van der Waals surface area contributed by atoms with Crippen LogP contribution in [-0.2, 0) is 11.3 Å². The van der Waals surface area contributed by atoms with Gasteiger partial charge in [-0.2, -0.15) is 5.26 Å². The fraction of sp³-hybridized carbons (Fsp3) is 0.600. The number of rotatable bonds is 8. The van der Waals surface area contributed by atoms with Crippen molar-refractivity contribution in [1.29, 1.82) is 5.26 Å². The molecular weight excluding hydrogens is 312 g/mol. The minimum absolute atomic E-state index is 0.334. The van der Waals surface area contributed by atoms with Crippen molar-refractivity contribution in [3.05, 3.63) is 35.4 Å². The first-order valence-corrected chi connectivity index (χ1v) is 9.21. The summed E-state index contributed by atoms with van der Waals surface area (Å²) in [6, 6.07) is 9.74. The van der Waals surface area contributed by atoms with Crippen LogP contribution in [0.3, 0.4) is 0 Å². The third-order valence-electron chi connectivity index (χ3n) is 4.98. The molecule has 0 aliphatic heterocycles. The molecule has 1 aromatic carbocycles. The minimum atomic E-state index is 0.334. The fourth-order valence-corrected chi connectivity index (χ4v) is 3.43. The van der Waals surface area contributed by atoms with Gasteiger partial charge in [0, 0.05) is 26.8 Å². The van der Waals surface area contributed by atoms with Crippen LogP contribution in [0.15, 0.2) is 29.3 Å². The predicted octanol–water partition coefficient (Wildman–Crippen LogP) is 3.21. The molecule has 0 heterocycles. The molecule has 1 saturated carbocycles. The lowest BCUT2D eigenvalue weighted by Gasteiger charge is -2.30. The van der Waals surface area contributed by atoms with Crippen molar-refractivity contribution in [2.24, 2.45) is 10.4 Å². The van der Waals surface area contributed by atoms with Crippen molar-refractivity contribution in [1.82, 2.24) is 10.6 Å². The predicted molar refractivity (Wildman–Crippen MR) is 101 cm³/mol. The van der Waals surface area contributed by atoms with Gasteiger partial charge in [-0.05, 0) is 49.3 Å². The maximum atomic E-state index is 8.87. The Kier molecular flexibility index (Phi) is 7.75. The van der Waals surface area contributed by atoms with E-state index >= 15 is 0 Å². The summed E-state index contributed by atoms with van der Waals surface area (Å²) in [4.78, 5) is 4.69. The zero-order chi connectivity index (χ0) is 18.0. The Balaban J connectivity index is 1.95. The highest BCUT2D eigenvalue weighted by Crippen LogP contribution is 2.40. The van der Waals surface area contributed by atoms with E-state index in [0.29, 0.717) is 17.5 Å². The molecule has 5 heteroatoms. The number of aliphatic imine (C=N–C) groups is 1. The minimum Gasteiger partial charge on any atom is -0.385 e. The number of hydrogen-bond acceptors (Lipinski definition) is 3. The Morgan fingerprint density at radius 2 is 1.96 bits per heavy atom. The van der Waals surface area contributed by atoms with Crippen molar-refractivity contribution in [2.45, 2.75) is 45.6 Å². The number of benzene rings is 1. The molecule has 0 unspecified atom stereocenters. The average molecular weight is 342 g/mol. The SMILES string of the molecule is CCNC(=NCc1ccc(C#N)cc1)NCC1(CCOC)CCCC1. The van der Waals surface area contributed by atoms with E-state index in [9.17, 15) is 0 Å². The molecule has 2 N–H and O–H groups in total. The highest BCUT2D eigenvalue weighted by atomic mass is 16.5. The van der Waals surface area contributed by atoms with Crippen molar-refractivity contribution in [3.8, 4) is 6.07 Å². The quantitative estimate of drug-likeness (QED) is 0.562. The third kappa shape index (κ3) is 6.06. The van der Waals surface area contributed by atoms with Gasteiger partial charge in [0.05, 0.1) is 18.2 Å². The van der Waals surface area contributed by atoms with Gasteiger partial charge in [-0.25, -0.2) is 4.99 Å². The summed E-state index contributed by atoms with van der Waals surface area (Å²) < 4.78 is 5.31. The molecule has 0 radical (unpaired) electrons. The molecule has 1 aliphatic carbocycles. The second kappa shape index (κ2) is 10.0. The molecule has 0 bridgehead atoms. The Bertz CT molecular complexity index is 583. The number of nitriles is 1. The number of nitrogens with one attached hydrogen (secondary N) is 2. The van der Waals surface area contributed by atoms with E-state index in [2.05, 4.69) is 23.6 Å². The summed E-state index contributed by atoms with van der Waals surface area (Å²) in [5.41, 5.74) is 2.12. The first-order valence-electron chi connectivity index (χ1n) is 9.21. The van der Waals surface area contributed by atoms with E-state index < -0.39 is 0 Å². The maximum Gasteiger partial charge on any atom is 0.191 e. The fourth-order valence-electron chi connectivity index (χ4n) is 3.43. The van der Waals surface area contributed by atoms with E-state index in [1.165, 1.54) is 25.7 Å². The summed E-state index contributed by atoms with van der Waals surface area (Å²) in [6.45, 7) is 5.28.